The van der Waals surface area contributed by atoms with E-state index >= 15 is 0 Å². The molecule has 2 rings (SSSR count). The SMILES string of the molecule is Cc1sc(CCO)nc1-c1ccc(F)c(F)c1. The molecule has 0 bridgehead atoms. The molecule has 1 N–H and O–H groups in total. The molecular weight excluding hydrogens is 244 g/mol. The average Bonchev–Trinajstić information content (AvgIpc) is 2.64. The monoisotopic (exact) mass is 255 g/mol. The average molecular weight is 255 g/mol. The van der Waals surface area contributed by atoms with E-state index < -0.39 is 11.6 Å². The summed E-state index contributed by atoms with van der Waals surface area (Å²) in [4.78, 5) is 5.24. The molecule has 0 aliphatic rings. The van der Waals surface area contributed by atoms with Crippen molar-refractivity contribution in [2.45, 2.75) is 13.3 Å². The maximum atomic E-state index is 13.1. The second-order valence-electron chi connectivity index (χ2n) is 3.61. The third-order valence-electron chi connectivity index (χ3n) is 2.36. The maximum Gasteiger partial charge on any atom is 0.159 e. The number of thiazole rings is 1. The maximum absolute atomic E-state index is 13.1. The van der Waals surface area contributed by atoms with Crippen LogP contribution in [0.1, 0.15) is 9.88 Å². The number of rotatable bonds is 3. The van der Waals surface area contributed by atoms with Crippen LogP contribution in [0.25, 0.3) is 11.3 Å². The number of hydrogen-bond donors (Lipinski definition) is 1. The van der Waals surface area contributed by atoms with Crippen LogP contribution in [0.5, 0.6) is 0 Å². The zero-order valence-electron chi connectivity index (χ0n) is 9.20. The fourth-order valence-corrected chi connectivity index (χ4v) is 2.51. The summed E-state index contributed by atoms with van der Waals surface area (Å²) in [5, 5.41) is 9.62. The lowest BCUT2D eigenvalue weighted by Crippen LogP contribution is -1.90. The van der Waals surface area contributed by atoms with E-state index in [0.29, 0.717) is 17.7 Å². The first-order chi connectivity index (χ1) is 8.11. The number of aliphatic hydroxyl groups excluding tert-OH is 1. The number of halogens is 2. The van der Waals surface area contributed by atoms with Gasteiger partial charge in [0.2, 0.25) is 0 Å². The lowest BCUT2D eigenvalue weighted by Gasteiger charge is -1.99. The van der Waals surface area contributed by atoms with E-state index in [1.165, 1.54) is 17.4 Å². The predicted molar refractivity (Wildman–Crippen MR) is 63.0 cm³/mol. The van der Waals surface area contributed by atoms with Gasteiger partial charge in [0.25, 0.3) is 0 Å². The summed E-state index contributed by atoms with van der Waals surface area (Å²) >= 11 is 1.46. The van der Waals surface area contributed by atoms with Crippen molar-refractivity contribution in [1.82, 2.24) is 4.98 Å². The standard InChI is InChI=1S/C12H11F2NOS/c1-7-12(15-11(17-7)4-5-16)8-2-3-9(13)10(14)6-8/h2-3,6,16H,4-5H2,1H3. The summed E-state index contributed by atoms with van der Waals surface area (Å²) in [5.41, 5.74) is 1.21. The zero-order chi connectivity index (χ0) is 12.4. The summed E-state index contributed by atoms with van der Waals surface area (Å²) in [6.07, 6.45) is 0.481. The molecule has 1 aromatic carbocycles. The summed E-state index contributed by atoms with van der Waals surface area (Å²) < 4.78 is 25.9. The van der Waals surface area contributed by atoms with Crippen LogP contribution < -0.4 is 0 Å². The summed E-state index contributed by atoms with van der Waals surface area (Å²) in [6.45, 7) is 1.90. The molecule has 0 aliphatic heterocycles. The lowest BCUT2D eigenvalue weighted by molar-refractivity contribution is 0.299. The molecule has 2 aromatic rings. The Morgan fingerprint density at radius 3 is 2.71 bits per heavy atom. The van der Waals surface area contributed by atoms with Crippen molar-refractivity contribution in [3.63, 3.8) is 0 Å². The molecule has 0 radical (unpaired) electrons. The van der Waals surface area contributed by atoms with E-state index in [0.717, 1.165) is 22.0 Å². The van der Waals surface area contributed by atoms with Crippen molar-refractivity contribution in [3.05, 3.63) is 39.7 Å². The Labute approximate surface area is 102 Å². The smallest absolute Gasteiger partial charge is 0.159 e. The molecular formula is C12H11F2NOS. The van der Waals surface area contributed by atoms with Gasteiger partial charge in [-0.2, -0.15) is 0 Å². The number of nitrogens with zero attached hydrogens (tertiary/aromatic N) is 1. The number of aryl methyl sites for hydroxylation is 1. The quantitative estimate of drug-likeness (QED) is 0.914. The van der Waals surface area contributed by atoms with Gasteiger partial charge in [0, 0.05) is 23.5 Å². The largest absolute Gasteiger partial charge is 0.396 e. The Kier molecular flexibility index (Phi) is 3.49. The molecule has 2 nitrogen and oxygen atoms in total. The van der Waals surface area contributed by atoms with Gasteiger partial charge in [-0.05, 0) is 25.1 Å². The minimum absolute atomic E-state index is 0.0319. The summed E-state index contributed by atoms with van der Waals surface area (Å²) in [6, 6.07) is 3.73. The summed E-state index contributed by atoms with van der Waals surface area (Å²) in [7, 11) is 0. The van der Waals surface area contributed by atoms with Crippen molar-refractivity contribution in [1.29, 1.82) is 0 Å². The van der Waals surface area contributed by atoms with Crippen LogP contribution in [0.15, 0.2) is 18.2 Å². The van der Waals surface area contributed by atoms with E-state index in [2.05, 4.69) is 4.98 Å². The van der Waals surface area contributed by atoms with Gasteiger partial charge in [0.05, 0.1) is 10.7 Å². The predicted octanol–water partition coefficient (Wildman–Crippen LogP) is 2.93. The Balaban J connectivity index is 2.41. The van der Waals surface area contributed by atoms with E-state index in [4.69, 9.17) is 5.11 Å². The highest BCUT2D eigenvalue weighted by Crippen LogP contribution is 2.28. The van der Waals surface area contributed by atoms with Gasteiger partial charge in [0.1, 0.15) is 0 Å². The molecule has 1 aromatic heterocycles. The lowest BCUT2D eigenvalue weighted by atomic mass is 10.1. The van der Waals surface area contributed by atoms with Crippen molar-refractivity contribution in [2.24, 2.45) is 0 Å². The third kappa shape index (κ3) is 2.50. The molecule has 0 amide bonds. The van der Waals surface area contributed by atoms with Crippen LogP contribution in [-0.2, 0) is 6.42 Å². The molecule has 0 fully saturated rings. The molecule has 0 atom stereocenters. The van der Waals surface area contributed by atoms with Gasteiger partial charge < -0.3 is 5.11 Å². The Hall–Kier alpha value is -1.33. The van der Waals surface area contributed by atoms with E-state index in [-0.39, 0.29) is 6.61 Å². The normalized spacial score (nSPS) is 10.8. The third-order valence-corrected chi connectivity index (χ3v) is 3.39. The zero-order valence-corrected chi connectivity index (χ0v) is 10.0. The minimum Gasteiger partial charge on any atom is -0.396 e. The molecule has 0 aliphatic carbocycles. The van der Waals surface area contributed by atoms with Crippen LogP contribution in [0.3, 0.4) is 0 Å². The Morgan fingerprint density at radius 2 is 2.06 bits per heavy atom. The van der Waals surface area contributed by atoms with Gasteiger partial charge in [-0.15, -0.1) is 11.3 Å². The molecule has 0 unspecified atom stereocenters. The number of benzene rings is 1. The van der Waals surface area contributed by atoms with E-state index in [1.807, 2.05) is 6.92 Å². The first-order valence-corrected chi connectivity index (χ1v) is 5.96. The minimum atomic E-state index is -0.876. The van der Waals surface area contributed by atoms with E-state index in [1.54, 1.807) is 0 Å². The van der Waals surface area contributed by atoms with Gasteiger partial charge >= 0.3 is 0 Å². The van der Waals surface area contributed by atoms with Crippen LogP contribution >= 0.6 is 11.3 Å². The Bertz CT molecular complexity index is 539. The van der Waals surface area contributed by atoms with Crippen LogP contribution in [-0.4, -0.2) is 16.7 Å². The molecule has 90 valence electrons. The second kappa shape index (κ2) is 4.89. The molecule has 0 saturated carbocycles. The number of hydrogen-bond acceptors (Lipinski definition) is 3. The van der Waals surface area contributed by atoms with Crippen molar-refractivity contribution in [3.8, 4) is 11.3 Å². The summed E-state index contributed by atoms with van der Waals surface area (Å²) in [5.74, 6) is -1.74. The van der Waals surface area contributed by atoms with Crippen LogP contribution in [0.4, 0.5) is 8.78 Å². The van der Waals surface area contributed by atoms with E-state index in [9.17, 15) is 8.78 Å². The van der Waals surface area contributed by atoms with Crippen LogP contribution in [0, 0.1) is 18.6 Å². The highest BCUT2D eigenvalue weighted by Gasteiger charge is 2.11. The van der Waals surface area contributed by atoms with Gasteiger partial charge in [-0.3, -0.25) is 0 Å². The highest BCUT2D eigenvalue weighted by atomic mass is 32.1. The topological polar surface area (TPSA) is 33.1 Å². The van der Waals surface area contributed by atoms with Crippen molar-refractivity contribution >= 4 is 11.3 Å². The van der Waals surface area contributed by atoms with Crippen molar-refractivity contribution < 1.29 is 13.9 Å². The number of aliphatic hydroxyl groups is 1. The molecule has 0 saturated heterocycles. The fourth-order valence-electron chi connectivity index (χ4n) is 1.57. The first kappa shape index (κ1) is 12.1. The molecule has 1 heterocycles. The second-order valence-corrected chi connectivity index (χ2v) is 4.90. The van der Waals surface area contributed by atoms with Gasteiger partial charge in [-0.25, -0.2) is 13.8 Å². The van der Waals surface area contributed by atoms with Crippen molar-refractivity contribution in [2.75, 3.05) is 6.61 Å². The highest BCUT2D eigenvalue weighted by molar-refractivity contribution is 7.12. The van der Waals surface area contributed by atoms with Crippen LogP contribution in [0.2, 0.25) is 0 Å². The van der Waals surface area contributed by atoms with Gasteiger partial charge in [0.15, 0.2) is 11.6 Å². The molecule has 0 spiro atoms. The fraction of sp³-hybridized carbons (Fsp3) is 0.250. The molecule has 5 heteroatoms. The van der Waals surface area contributed by atoms with Gasteiger partial charge in [-0.1, -0.05) is 0 Å². The Morgan fingerprint density at radius 1 is 1.29 bits per heavy atom. The first-order valence-electron chi connectivity index (χ1n) is 5.14. The number of aromatic nitrogens is 1. The molecule has 17 heavy (non-hydrogen) atoms.